The van der Waals surface area contributed by atoms with Crippen LogP contribution in [0.1, 0.15) is 50.7 Å². The van der Waals surface area contributed by atoms with Crippen LogP contribution in [0.25, 0.3) is 0 Å². The van der Waals surface area contributed by atoms with Crippen LogP contribution in [0.2, 0.25) is 0 Å². The van der Waals surface area contributed by atoms with Gasteiger partial charge in [-0.2, -0.15) is 0 Å². The summed E-state index contributed by atoms with van der Waals surface area (Å²) in [6, 6.07) is 21.5. The summed E-state index contributed by atoms with van der Waals surface area (Å²) in [6.45, 7) is 13.1. The number of hydrogen-bond acceptors (Lipinski definition) is 4. The predicted octanol–water partition coefficient (Wildman–Crippen LogP) is 6.45. The summed E-state index contributed by atoms with van der Waals surface area (Å²) in [5.41, 5.74) is 9.86. The van der Waals surface area contributed by atoms with Crippen molar-refractivity contribution < 1.29 is 18.4 Å². The number of quaternary nitrogens is 2. The average Bonchev–Trinajstić information content (AvgIpc) is 3.79. The molecule has 0 aromatic heterocycles. The van der Waals surface area contributed by atoms with Crippen molar-refractivity contribution in [3.05, 3.63) is 107 Å². The summed E-state index contributed by atoms with van der Waals surface area (Å²) in [7, 11) is 0. The van der Waals surface area contributed by atoms with Gasteiger partial charge in [-0.05, 0) is 60.4 Å². The van der Waals surface area contributed by atoms with Gasteiger partial charge in [-0.3, -0.25) is 0 Å². The van der Waals surface area contributed by atoms with Crippen LogP contribution in [-0.2, 0) is 20.3 Å². The second kappa shape index (κ2) is 9.92. The Bertz CT molecular complexity index is 1890. The highest BCUT2D eigenvalue weighted by molar-refractivity contribution is 5.72. The highest BCUT2D eigenvalue weighted by Crippen LogP contribution is 2.72. The maximum Gasteiger partial charge on any atom is 0.136 e. The molecule has 5 saturated heterocycles. The van der Waals surface area contributed by atoms with Crippen LogP contribution in [0.4, 0.5) is 11.4 Å². The van der Waals surface area contributed by atoms with Crippen molar-refractivity contribution in [1.82, 2.24) is 0 Å². The zero-order valence-corrected chi connectivity index (χ0v) is 30.9. The molecule has 9 aliphatic heterocycles. The first-order valence-electron chi connectivity index (χ1n) is 20.9. The van der Waals surface area contributed by atoms with E-state index in [9.17, 15) is 0 Å². The Morgan fingerprint density at radius 3 is 1.60 bits per heavy atom. The Balaban J connectivity index is 1.10. The monoisotopic (exact) mass is 694 g/mol. The molecule has 2 aliphatic carbocycles. The van der Waals surface area contributed by atoms with Crippen LogP contribution >= 0.6 is 0 Å². The maximum atomic E-state index is 7.56. The molecule has 4 bridgehead atoms. The van der Waals surface area contributed by atoms with Crippen LogP contribution in [-0.4, -0.2) is 98.1 Å². The highest BCUT2D eigenvalue weighted by Gasteiger charge is 2.80. The highest BCUT2D eigenvalue weighted by atomic mass is 16.5. The van der Waals surface area contributed by atoms with Crippen LogP contribution in [0.3, 0.4) is 0 Å². The van der Waals surface area contributed by atoms with Crippen molar-refractivity contribution >= 4 is 11.4 Å². The SMILES string of the molecule is C/C=C/C[N+]12CC[C@@]34c5ccccc5N5[C@@H]6OCC=C7C[N+]8(C/C=C/C)CC[C@]9%10c%11ccccc%11N([C@@H]%11OCC=C(C1)[C@H](C[C@@H]32)[C@@H]%11[C@H]54)[C@H]9[C@H]6[C@H]7C[C@@H]%108. The van der Waals surface area contributed by atoms with Gasteiger partial charge in [0.1, 0.15) is 37.6 Å². The minimum atomic E-state index is 0.0496. The quantitative estimate of drug-likeness (QED) is 0.272. The van der Waals surface area contributed by atoms with Crippen molar-refractivity contribution in [1.29, 1.82) is 0 Å². The van der Waals surface area contributed by atoms with Crippen molar-refractivity contribution in [3.8, 4) is 0 Å². The number of fused-ring (bicyclic) bond motifs is 6. The molecule has 6 nitrogen and oxygen atoms in total. The number of hydrogen-bond donors (Lipinski definition) is 0. The van der Waals surface area contributed by atoms with Crippen molar-refractivity contribution in [2.75, 3.05) is 62.3 Å². The van der Waals surface area contributed by atoms with Gasteiger partial charge in [-0.15, -0.1) is 0 Å². The van der Waals surface area contributed by atoms with Gasteiger partial charge in [0.25, 0.3) is 0 Å². The Morgan fingerprint density at radius 1 is 0.673 bits per heavy atom. The second-order valence-corrected chi connectivity index (χ2v) is 18.9. The number of anilines is 2. The molecule has 52 heavy (non-hydrogen) atoms. The summed E-state index contributed by atoms with van der Waals surface area (Å²) in [4.78, 5) is 6.00. The van der Waals surface area contributed by atoms with E-state index in [1.54, 1.807) is 22.3 Å². The molecule has 268 valence electrons. The van der Waals surface area contributed by atoms with Gasteiger partial charge in [0.15, 0.2) is 0 Å². The fraction of sp³-hybridized carbons (Fsp3) is 0.565. The Labute approximate surface area is 309 Å². The first-order chi connectivity index (χ1) is 25.6. The number of allylic oxidation sites excluding steroid dienone is 2. The molecule has 2 spiro atoms. The lowest BCUT2D eigenvalue weighted by molar-refractivity contribution is -0.938. The minimum Gasteiger partial charge on any atom is -0.354 e. The third-order valence-electron chi connectivity index (χ3n) is 17.9. The average molecular weight is 695 g/mol. The molecule has 0 radical (unpaired) electrons. The number of benzene rings is 2. The Kier molecular flexibility index (Phi) is 5.76. The second-order valence-electron chi connectivity index (χ2n) is 18.9. The van der Waals surface area contributed by atoms with Gasteiger partial charge in [-0.1, -0.05) is 60.7 Å². The van der Waals surface area contributed by atoms with E-state index in [1.807, 2.05) is 0 Å². The minimum absolute atomic E-state index is 0.0496. The Hall–Kier alpha value is -3.16. The van der Waals surface area contributed by atoms with E-state index < -0.39 is 0 Å². The molecular weight excluding hydrogens is 641 g/mol. The van der Waals surface area contributed by atoms with Crippen LogP contribution < -0.4 is 9.80 Å². The molecule has 0 amide bonds. The fourth-order valence-electron chi connectivity index (χ4n) is 16.5. The van der Waals surface area contributed by atoms with Crippen molar-refractivity contribution in [3.63, 3.8) is 0 Å². The van der Waals surface area contributed by atoms with Crippen LogP contribution in [0.5, 0.6) is 0 Å². The molecule has 0 N–H and O–H groups in total. The lowest BCUT2D eigenvalue weighted by atomic mass is 9.52. The standard InChI is InChI=1S/C46H54N4O2/c1-3-5-19-49-21-17-45-33-11-7-9-13-35(33)47-41(45)39-31(25-37(45)49)29(27-49)15-23-51-43(39)48-36-14-10-8-12-34(36)46-18-22-50(20-6-4-2)28-30-16-24-52-44(47)40(42(46)48)32(30)26-38(46)50/h3-16,31-32,37-44H,17-28H2,1-2H3/q+2/b5-3+,6-4+/t31-,32-,37-,38-,39+,40+,41-,42-,43+,44+,45+,46+,49?,50?/m0/s1. The van der Waals surface area contributed by atoms with Crippen molar-refractivity contribution in [2.45, 2.75) is 87.0 Å². The number of para-hydroxylation sites is 2. The van der Waals surface area contributed by atoms with E-state index in [2.05, 4.69) is 109 Å². The van der Waals surface area contributed by atoms with E-state index in [-0.39, 0.29) is 23.3 Å². The number of nitrogens with zero attached hydrogens (tertiary/aromatic N) is 4. The summed E-state index contributed by atoms with van der Waals surface area (Å²) >= 11 is 0. The zero-order chi connectivity index (χ0) is 34.2. The summed E-state index contributed by atoms with van der Waals surface area (Å²) in [6.07, 6.45) is 19.9. The van der Waals surface area contributed by atoms with E-state index in [1.165, 1.54) is 72.2 Å². The van der Waals surface area contributed by atoms with Gasteiger partial charge < -0.3 is 28.2 Å². The van der Waals surface area contributed by atoms with E-state index >= 15 is 0 Å². The Morgan fingerprint density at radius 2 is 1.13 bits per heavy atom. The van der Waals surface area contributed by atoms with E-state index in [4.69, 9.17) is 9.47 Å². The zero-order valence-electron chi connectivity index (χ0n) is 30.9. The molecule has 13 rings (SSSR count). The summed E-state index contributed by atoms with van der Waals surface area (Å²) < 4.78 is 17.6. The molecule has 2 saturated carbocycles. The summed E-state index contributed by atoms with van der Waals surface area (Å²) in [5.74, 6) is 1.85. The third kappa shape index (κ3) is 3.15. The molecule has 7 fully saturated rings. The number of rotatable bonds is 4. The normalized spacial score (nSPS) is 48.9. The first-order valence-corrected chi connectivity index (χ1v) is 20.9. The number of piperidine rings is 2. The fourth-order valence-corrected chi connectivity index (χ4v) is 16.5. The van der Waals surface area contributed by atoms with Crippen molar-refractivity contribution in [2.24, 2.45) is 23.7 Å². The molecule has 2 unspecified atom stereocenters. The van der Waals surface area contributed by atoms with Gasteiger partial charge in [-0.25, -0.2) is 0 Å². The smallest absolute Gasteiger partial charge is 0.136 e. The van der Waals surface area contributed by atoms with Crippen LogP contribution in [0, 0.1) is 23.7 Å². The molecule has 2 aromatic carbocycles. The largest absolute Gasteiger partial charge is 0.354 e. The molecule has 11 aliphatic rings. The molecule has 2 aromatic rings. The van der Waals surface area contributed by atoms with E-state index in [0.717, 1.165) is 26.3 Å². The van der Waals surface area contributed by atoms with Gasteiger partial charge in [0.05, 0.1) is 62.3 Å². The van der Waals surface area contributed by atoms with E-state index in [0.29, 0.717) is 47.8 Å². The van der Waals surface area contributed by atoms with Gasteiger partial charge in [0.2, 0.25) is 0 Å². The molecular formula is C46H54N4O2+2. The maximum absolute atomic E-state index is 7.56. The van der Waals surface area contributed by atoms with Gasteiger partial charge >= 0.3 is 0 Å². The van der Waals surface area contributed by atoms with Crippen LogP contribution in [0.15, 0.2) is 96.1 Å². The lowest BCUT2D eigenvalue weighted by Crippen LogP contribution is -2.78. The predicted molar refractivity (Wildman–Crippen MR) is 204 cm³/mol. The lowest BCUT2D eigenvalue weighted by Gasteiger charge is -2.65. The molecule has 14 atom stereocenters. The van der Waals surface area contributed by atoms with Gasteiger partial charge in [0, 0.05) is 60.7 Å². The topological polar surface area (TPSA) is 24.9 Å². The number of ether oxygens (including phenoxy) is 2. The summed E-state index contributed by atoms with van der Waals surface area (Å²) in [5, 5.41) is 0. The molecule has 9 heterocycles. The molecule has 6 heteroatoms. The third-order valence-corrected chi connectivity index (χ3v) is 17.9. The first kappa shape index (κ1) is 30.2.